The SMILES string of the molecule is CC1C=CC2=C(C1)C(=O)c1c(NCCNCCO)ccc(NCCNCCO)c1C2=O. The van der Waals surface area contributed by atoms with Crippen molar-refractivity contribution in [3.8, 4) is 0 Å². The van der Waals surface area contributed by atoms with E-state index in [-0.39, 0.29) is 30.7 Å². The summed E-state index contributed by atoms with van der Waals surface area (Å²) in [6.07, 6.45) is 4.34. The Hall–Kier alpha value is -2.52. The van der Waals surface area contributed by atoms with E-state index in [0.717, 1.165) is 0 Å². The first-order valence-corrected chi connectivity index (χ1v) is 10.9. The number of Topliss-reactive ketones (excluding diaryl/α,β-unsaturated/α-hetero) is 2. The first kappa shape index (κ1) is 23.1. The molecule has 2 aliphatic rings. The molecule has 0 amide bonds. The molecule has 3 rings (SSSR count). The van der Waals surface area contributed by atoms with Crippen molar-refractivity contribution < 1.29 is 19.8 Å². The predicted molar refractivity (Wildman–Crippen MR) is 122 cm³/mol. The summed E-state index contributed by atoms with van der Waals surface area (Å²) >= 11 is 0. The molecule has 1 atom stereocenters. The first-order chi connectivity index (χ1) is 15.1. The monoisotopic (exact) mass is 428 g/mol. The lowest BCUT2D eigenvalue weighted by Gasteiger charge is -2.27. The van der Waals surface area contributed by atoms with E-state index >= 15 is 0 Å². The summed E-state index contributed by atoms with van der Waals surface area (Å²) in [4.78, 5) is 26.9. The third-order valence-corrected chi connectivity index (χ3v) is 5.43. The zero-order chi connectivity index (χ0) is 22.2. The largest absolute Gasteiger partial charge is 0.395 e. The maximum absolute atomic E-state index is 13.5. The number of ketones is 2. The summed E-state index contributed by atoms with van der Waals surface area (Å²) in [6.45, 7) is 5.56. The van der Waals surface area contributed by atoms with Gasteiger partial charge in [-0.15, -0.1) is 0 Å². The van der Waals surface area contributed by atoms with Crippen molar-refractivity contribution in [3.63, 3.8) is 0 Å². The van der Waals surface area contributed by atoms with Crippen LogP contribution in [0.3, 0.4) is 0 Å². The molecule has 1 unspecified atom stereocenters. The van der Waals surface area contributed by atoms with E-state index in [2.05, 4.69) is 21.3 Å². The second kappa shape index (κ2) is 11.2. The lowest BCUT2D eigenvalue weighted by atomic mass is 9.76. The number of carbonyl (C=O) groups excluding carboxylic acids is 2. The lowest BCUT2D eigenvalue weighted by molar-refractivity contribution is 0.0973. The van der Waals surface area contributed by atoms with E-state index in [1.165, 1.54) is 0 Å². The Labute approximate surface area is 182 Å². The molecule has 168 valence electrons. The van der Waals surface area contributed by atoms with Crippen molar-refractivity contribution >= 4 is 22.9 Å². The Morgan fingerprint density at radius 3 is 1.94 bits per heavy atom. The average Bonchev–Trinajstić information content (AvgIpc) is 2.77. The third-order valence-electron chi connectivity index (χ3n) is 5.43. The molecular weight excluding hydrogens is 396 g/mol. The highest BCUT2D eigenvalue weighted by atomic mass is 16.3. The molecule has 0 fully saturated rings. The summed E-state index contributed by atoms with van der Waals surface area (Å²) in [5, 5.41) is 30.5. The van der Waals surface area contributed by atoms with Crippen molar-refractivity contribution in [1.82, 2.24) is 10.6 Å². The summed E-state index contributed by atoms with van der Waals surface area (Å²) < 4.78 is 0. The van der Waals surface area contributed by atoms with Crippen LogP contribution in [0.25, 0.3) is 0 Å². The molecule has 2 aliphatic carbocycles. The summed E-state index contributed by atoms with van der Waals surface area (Å²) in [6, 6.07) is 3.67. The fourth-order valence-corrected chi connectivity index (χ4v) is 3.92. The topological polar surface area (TPSA) is 123 Å². The molecule has 6 N–H and O–H groups in total. The summed E-state index contributed by atoms with van der Waals surface area (Å²) in [7, 11) is 0. The van der Waals surface area contributed by atoms with Gasteiger partial charge in [-0.2, -0.15) is 0 Å². The quantitative estimate of drug-likeness (QED) is 0.272. The third kappa shape index (κ3) is 5.40. The number of aliphatic hydroxyl groups is 2. The molecule has 0 spiro atoms. The Morgan fingerprint density at radius 2 is 1.39 bits per heavy atom. The van der Waals surface area contributed by atoms with E-state index in [1.807, 2.05) is 25.1 Å². The molecule has 0 saturated heterocycles. The summed E-state index contributed by atoms with van der Waals surface area (Å²) in [5.41, 5.74) is 3.23. The maximum Gasteiger partial charge on any atom is 0.196 e. The Morgan fingerprint density at radius 1 is 0.839 bits per heavy atom. The number of allylic oxidation sites excluding steroid dienone is 4. The van der Waals surface area contributed by atoms with Gasteiger partial charge < -0.3 is 31.5 Å². The Balaban J connectivity index is 1.88. The normalized spacial score (nSPS) is 17.6. The van der Waals surface area contributed by atoms with Crippen molar-refractivity contribution in [2.45, 2.75) is 13.3 Å². The first-order valence-electron chi connectivity index (χ1n) is 10.9. The number of benzene rings is 1. The number of rotatable bonds is 12. The number of carbonyl (C=O) groups is 2. The van der Waals surface area contributed by atoms with E-state index in [4.69, 9.17) is 10.2 Å². The van der Waals surface area contributed by atoms with Gasteiger partial charge in [-0.3, -0.25) is 9.59 Å². The van der Waals surface area contributed by atoms with Gasteiger partial charge in [0.2, 0.25) is 0 Å². The highest BCUT2D eigenvalue weighted by Gasteiger charge is 2.36. The van der Waals surface area contributed by atoms with Gasteiger partial charge in [0.1, 0.15) is 0 Å². The van der Waals surface area contributed by atoms with Gasteiger partial charge in [-0.25, -0.2) is 0 Å². The van der Waals surface area contributed by atoms with Crippen LogP contribution in [-0.4, -0.2) is 74.3 Å². The van der Waals surface area contributed by atoms with Gasteiger partial charge in [0.15, 0.2) is 11.6 Å². The van der Waals surface area contributed by atoms with Crippen molar-refractivity contribution in [1.29, 1.82) is 0 Å². The second-order valence-electron chi connectivity index (χ2n) is 7.80. The molecule has 1 aromatic rings. The molecular formula is C23H32N4O4. The van der Waals surface area contributed by atoms with Crippen LogP contribution in [0.15, 0.2) is 35.4 Å². The molecule has 0 heterocycles. The van der Waals surface area contributed by atoms with E-state index in [1.54, 1.807) is 6.08 Å². The van der Waals surface area contributed by atoms with Gasteiger partial charge in [-0.05, 0) is 24.5 Å². The summed E-state index contributed by atoms with van der Waals surface area (Å²) in [5.74, 6) is 0.00402. The van der Waals surface area contributed by atoms with Gasteiger partial charge in [0.25, 0.3) is 0 Å². The fourth-order valence-electron chi connectivity index (χ4n) is 3.92. The minimum absolute atomic E-state index is 0.0671. The van der Waals surface area contributed by atoms with Gasteiger partial charge in [-0.1, -0.05) is 19.1 Å². The van der Waals surface area contributed by atoms with Crippen molar-refractivity contribution in [3.05, 3.63) is 46.6 Å². The molecule has 1 aromatic carbocycles. The minimum atomic E-state index is -0.124. The minimum Gasteiger partial charge on any atom is -0.395 e. The van der Waals surface area contributed by atoms with Crippen LogP contribution in [0.4, 0.5) is 11.4 Å². The fraction of sp³-hybridized carbons (Fsp3) is 0.478. The predicted octanol–water partition coefficient (Wildman–Crippen LogP) is 0.946. The molecule has 31 heavy (non-hydrogen) atoms. The number of nitrogens with one attached hydrogen (secondary N) is 4. The highest BCUT2D eigenvalue weighted by Crippen LogP contribution is 2.40. The zero-order valence-corrected chi connectivity index (χ0v) is 18.0. The number of aliphatic hydroxyl groups excluding tert-OH is 2. The van der Waals surface area contributed by atoms with Crippen LogP contribution >= 0.6 is 0 Å². The van der Waals surface area contributed by atoms with Crippen LogP contribution in [0.5, 0.6) is 0 Å². The van der Waals surface area contributed by atoms with Crippen molar-refractivity contribution in [2.24, 2.45) is 5.92 Å². The van der Waals surface area contributed by atoms with E-state index in [0.29, 0.717) is 79.3 Å². The molecule has 0 aromatic heterocycles. The number of hydrogen-bond acceptors (Lipinski definition) is 8. The van der Waals surface area contributed by atoms with E-state index < -0.39 is 0 Å². The maximum atomic E-state index is 13.5. The van der Waals surface area contributed by atoms with Crippen LogP contribution in [-0.2, 0) is 0 Å². The van der Waals surface area contributed by atoms with Crippen molar-refractivity contribution in [2.75, 3.05) is 63.1 Å². The van der Waals surface area contributed by atoms with Gasteiger partial charge in [0.05, 0.1) is 24.3 Å². The molecule has 0 aliphatic heterocycles. The molecule has 0 radical (unpaired) electrons. The molecule has 8 nitrogen and oxygen atoms in total. The second-order valence-corrected chi connectivity index (χ2v) is 7.80. The number of hydrogen-bond donors (Lipinski definition) is 6. The molecule has 0 saturated carbocycles. The van der Waals surface area contributed by atoms with Crippen LogP contribution in [0.2, 0.25) is 0 Å². The van der Waals surface area contributed by atoms with E-state index in [9.17, 15) is 9.59 Å². The average molecular weight is 429 g/mol. The molecule has 0 bridgehead atoms. The standard InChI is InChI=1S/C23H32N4O4/c1-15-2-3-16-17(14-15)23(31)21-19(27-9-7-25-11-13-29)5-4-18(20(21)22(16)30)26-8-6-24-10-12-28/h2-5,15,24-29H,6-14H2,1H3. The van der Waals surface area contributed by atoms with Crippen LogP contribution in [0.1, 0.15) is 34.1 Å². The van der Waals surface area contributed by atoms with Crippen LogP contribution in [0, 0.1) is 5.92 Å². The Bertz CT molecular complexity index is 879. The zero-order valence-electron chi connectivity index (χ0n) is 18.0. The van der Waals surface area contributed by atoms with Gasteiger partial charge >= 0.3 is 0 Å². The lowest BCUT2D eigenvalue weighted by Crippen LogP contribution is -2.29. The Kier molecular flexibility index (Phi) is 8.36. The van der Waals surface area contributed by atoms with Crippen LogP contribution < -0.4 is 21.3 Å². The number of anilines is 2. The molecule has 8 heteroatoms. The highest BCUT2D eigenvalue weighted by molar-refractivity contribution is 6.31. The van der Waals surface area contributed by atoms with Gasteiger partial charge in [0, 0.05) is 61.8 Å². The number of fused-ring (bicyclic) bond motifs is 1. The smallest absolute Gasteiger partial charge is 0.196 e.